The molecule has 2 aromatic heterocycles. The van der Waals surface area contributed by atoms with Crippen LogP contribution >= 0.6 is 0 Å². The van der Waals surface area contributed by atoms with Gasteiger partial charge in [-0.3, -0.25) is 4.79 Å². The van der Waals surface area contributed by atoms with Gasteiger partial charge >= 0.3 is 0 Å². The Morgan fingerprint density at radius 2 is 1.89 bits per heavy atom. The van der Waals surface area contributed by atoms with Gasteiger partial charge in [0.2, 0.25) is 0 Å². The minimum atomic E-state index is -0.637. The van der Waals surface area contributed by atoms with Gasteiger partial charge in [-0.05, 0) is 60.5 Å². The minimum Gasteiger partial charge on any atom is -0.369 e. The van der Waals surface area contributed by atoms with Crippen molar-refractivity contribution < 1.29 is 13.9 Å². The molecule has 3 aromatic carbocycles. The second-order valence-electron chi connectivity index (χ2n) is 8.95. The fourth-order valence-electron chi connectivity index (χ4n) is 4.59. The summed E-state index contributed by atoms with van der Waals surface area (Å²) in [6.07, 6.45) is 1.82. The van der Waals surface area contributed by atoms with Gasteiger partial charge in [-0.2, -0.15) is 5.10 Å². The maximum atomic E-state index is 13.7. The van der Waals surface area contributed by atoms with Gasteiger partial charge in [0.25, 0.3) is 5.91 Å². The second-order valence-corrected chi connectivity index (χ2v) is 8.95. The number of imidazole rings is 1. The number of hydrogen-bond acceptors (Lipinski definition) is 5. The predicted molar refractivity (Wildman–Crippen MR) is 139 cm³/mol. The van der Waals surface area contributed by atoms with E-state index in [4.69, 9.17) is 23.4 Å². The van der Waals surface area contributed by atoms with Crippen LogP contribution in [0.1, 0.15) is 17.4 Å². The zero-order valence-electron chi connectivity index (χ0n) is 19.8. The van der Waals surface area contributed by atoms with E-state index in [-0.39, 0.29) is 18.3 Å². The van der Waals surface area contributed by atoms with Gasteiger partial charge in [-0.15, -0.1) is 0 Å². The number of aromatic nitrogens is 4. The lowest BCUT2D eigenvalue weighted by molar-refractivity contribution is -0.128. The number of benzene rings is 3. The first-order valence-electron chi connectivity index (χ1n) is 11.8. The Labute approximate surface area is 213 Å². The monoisotopic (exact) mass is 492 g/mol. The Morgan fingerprint density at radius 3 is 2.68 bits per heavy atom. The topological polar surface area (TPSA) is 102 Å². The Bertz CT molecular complexity index is 1600. The number of carbonyl (C=O) groups is 1. The molecule has 1 amide bonds. The molecule has 1 aliphatic rings. The molecule has 3 heterocycles. The van der Waals surface area contributed by atoms with Crippen LogP contribution in [0, 0.1) is 5.82 Å². The Morgan fingerprint density at radius 1 is 1.11 bits per heavy atom. The van der Waals surface area contributed by atoms with Crippen molar-refractivity contribution in [3.8, 4) is 16.9 Å². The average molecular weight is 492 g/mol. The molecule has 1 unspecified atom stereocenters. The highest BCUT2D eigenvalue weighted by atomic mass is 19.1. The summed E-state index contributed by atoms with van der Waals surface area (Å²) < 4.78 is 21.4. The van der Waals surface area contributed by atoms with E-state index in [1.165, 1.54) is 12.1 Å². The molecule has 6 rings (SSSR count). The Balaban J connectivity index is 1.33. The number of aromatic amines is 1. The van der Waals surface area contributed by atoms with Crippen LogP contribution in [-0.4, -0.2) is 51.6 Å². The zero-order valence-corrected chi connectivity index (χ0v) is 19.8. The van der Waals surface area contributed by atoms with Crippen molar-refractivity contribution in [2.75, 3.05) is 18.9 Å². The van der Waals surface area contributed by atoms with Gasteiger partial charge < -0.3 is 20.4 Å². The van der Waals surface area contributed by atoms with E-state index in [2.05, 4.69) is 9.97 Å². The van der Waals surface area contributed by atoms with Crippen LogP contribution in [0.3, 0.4) is 0 Å². The first-order chi connectivity index (χ1) is 17.9. The molecule has 0 saturated carbocycles. The third-order valence-electron chi connectivity index (χ3n) is 6.46. The Kier molecular flexibility index (Phi) is 5.73. The quantitative estimate of drug-likeness (QED) is 0.355. The van der Waals surface area contributed by atoms with Crippen molar-refractivity contribution in [3.63, 3.8) is 0 Å². The SMILES string of the molecule is [B]c1ccc(-n2cc(C3OCC(=O)N3CCc3ccc4nc(N)[nH]c4c3)c(-c3ccc(F)cc3)n2)cc1. The first-order valence-corrected chi connectivity index (χ1v) is 11.8. The number of carbonyl (C=O) groups excluding carboxylic acids is 1. The zero-order chi connectivity index (χ0) is 25.5. The summed E-state index contributed by atoms with van der Waals surface area (Å²) in [5.41, 5.74) is 11.9. The number of nitrogens with zero attached hydrogens (tertiary/aromatic N) is 4. The number of hydrogen-bond donors (Lipinski definition) is 2. The number of rotatable bonds is 6. The summed E-state index contributed by atoms with van der Waals surface area (Å²) in [7, 11) is 5.85. The van der Waals surface area contributed by atoms with Crippen LogP contribution in [0.15, 0.2) is 72.9 Å². The highest BCUT2D eigenvalue weighted by Crippen LogP contribution is 2.35. The fraction of sp³-hybridized carbons (Fsp3) is 0.148. The van der Waals surface area contributed by atoms with Gasteiger partial charge in [-0.1, -0.05) is 23.7 Å². The standard InChI is InChI=1S/C27H22BFN6O2/c28-18-4-8-20(9-5-18)35-14-21(25(33-35)17-2-6-19(29)7-3-17)26-34(24(36)15-37-26)12-11-16-1-10-22-23(13-16)32-27(30)31-22/h1-10,13-14,26H,11-12,15H2,(H3,30,31,32). The van der Waals surface area contributed by atoms with E-state index >= 15 is 0 Å². The lowest BCUT2D eigenvalue weighted by Gasteiger charge is -2.23. The van der Waals surface area contributed by atoms with Crippen molar-refractivity contribution in [2.45, 2.75) is 12.6 Å². The largest absolute Gasteiger partial charge is 0.369 e. The lowest BCUT2D eigenvalue weighted by atomic mass is 9.96. The highest BCUT2D eigenvalue weighted by Gasteiger charge is 2.36. The summed E-state index contributed by atoms with van der Waals surface area (Å²) in [4.78, 5) is 21.9. The van der Waals surface area contributed by atoms with E-state index in [0.717, 1.165) is 27.8 Å². The van der Waals surface area contributed by atoms with Gasteiger partial charge in [0.05, 0.1) is 16.7 Å². The average Bonchev–Trinajstić information content (AvgIpc) is 3.59. The predicted octanol–water partition coefficient (Wildman–Crippen LogP) is 3.03. The van der Waals surface area contributed by atoms with E-state index in [0.29, 0.717) is 35.6 Å². The molecule has 1 fully saturated rings. The third-order valence-corrected chi connectivity index (χ3v) is 6.46. The van der Waals surface area contributed by atoms with Crippen LogP contribution in [-0.2, 0) is 16.0 Å². The van der Waals surface area contributed by atoms with E-state index in [1.54, 1.807) is 33.8 Å². The van der Waals surface area contributed by atoms with Gasteiger partial charge in [0.1, 0.15) is 26.0 Å². The molecule has 182 valence electrons. The number of fused-ring (bicyclic) bond motifs is 1. The van der Waals surface area contributed by atoms with E-state index in [1.807, 2.05) is 36.5 Å². The number of nitrogens with one attached hydrogen (secondary N) is 1. The minimum absolute atomic E-state index is 0.0311. The molecule has 10 heteroatoms. The van der Waals surface area contributed by atoms with Crippen LogP contribution in [0.4, 0.5) is 10.3 Å². The van der Waals surface area contributed by atoms with Gasteiger partial charge in [0, 0.05) is 23.9 Å². The molecular formula is C27H22BFN6O2. The number of nitrogens with two attached hydrogens (primary N) is 1. The number of anilines is 1. The summed E-state index contributed by atoms with van der Waals surface area (Å²) in [5, 5.41) is 4.78. The van der Waals surface area contributed by atoms with Gasteiger partial charge in [0.15, 0.2) is 12.2 Å². The summed E-state index contributed by atoms with van der Waals surface area (Å²) in [6, 6.07) is 19.3. The molecule has 0 aliphatic carbocycles. The molecule has 0 bridgehead atoms. The molecule has 0 spiro atoms. The normalized spacial score (nSPS) is 15.6. The molecular weight excluding hydrogens is 470 g/mol. The number of H-pyrrole nitrogens is 1. The molecule has 1 atom stereocenters. The van der Waals surface area contributed by atoms with Crippen LogP contribution < -0.4 is 11.2 Å². The van der Waals surface area contributed by atoms with E-state index in [9.17, 15) is 9.18 Å². The molecule has 1 aliphatic heterocycles. The lowest BCUT2D eigenvalue weighted by Crippen LogP contribution is -2.30. The van der Waals surface area contributed by atoms with Crippen LogP contribution in [0.5, 0.6) is 0 Å². The molecule has 1 saturated heterocycles. The number of amides is 1. The smallest absolute Gasteiger partial charge is 0.250 e. The number of ether oxygens (including phenoxy) is 1. The van der Waals surface area contributed by atoms with Crippen molar-refractivity contribution >= 4 is 36.2 Å². The maximum absolute atomic E-state index is 13.7. The second kappa shape index (κ2) is 9.22. The molecule has 37 heavy (non-hydrogen) atoms. The Hall–Kier alpha value is -4.44. The molecule has 2 radical (unpaired) electrons. The van der Waals surface area contributed by atoms with Crippen molar-refractivity contribution in [1.29, 1.82) is 0 Å². The molecule has 5 aromatic rings. The van der Waals surface area contributed by atoms with Crippen molar-refractivity contribution in [1.82, 2.24) is 24.6 Å². The van der Waals surface area contributed by atoms with Crippen molar-refractivity contribution in [3.05, 3.63) is 89.9 Å². The number of nitrogen functional groups attached to an aromatic ring is 1. The summed E-state index contributed by atoms with van der Waals surface area (Å²) >= 11 is 0. The van der Waals surface area contributed by atoms with Crippen LogP contribution in [0.2, 0.25) is 0 Å². The molecule has 3 N–H and O–H groups in total. The van der Waals surface area contributed by atoms with Gasteiger partial charge in [-0.25, -0.2) is 14.1 Å². The fourth-order valence-corrected chi connectivity index (χ4v) is 4.59. The third kappa shape index (κ3) is 4.47. The van der Waals surface area contributed by atoms with Crippen molar-refractivity contribution in [2.24, 2.45) is 0 Å². The maximum Gasteiger partial charge on any atom is 0.250 e. The first kappa shape index (κ1) is 23.0. The summed E-state index contributed by atoms with van der Waals surface area (Å²) in [6.45, 7) is 0.408. The van der Waals surface area contributed by atoms with Crippen LogP contribution in [0.25, 0.3) is 28.0 Å². The summed E-state index contributed by atoms with van der Waals surface area (Å²) in [5.74, 6) is -0.0860. The highest BCUT2D eigenvalue weighted by molar-refractivity contribution is 6.32. The molecule has 8 nitrogen and oxygen atoms in total. The van der Waals surface area contributed by atoms with E-state index < -0.39 is 6.23 Å². The number of halogens is 1.